The first-order valence-electron chi connectivity index (χ1n) is 5.63. The summed E-state index contributed by atoms with van der Waals surface area (Å²) in [5, 5.41) is 9.50. The van der Waals surface area contributed by atoms with Crippen molar-refractivity contribution in [2.75, 3.05) is 6.26 Å². The summed E-state index contributed by atoms with van der Waals surface area (Å²) in [7, 11) is 0. The van der Waals surface area contributed by atoms with Gasteiger partial charge >= 0.3 is 5.97 Å². The first-order chi connectivity index (χ1) is 6.84. The van der Waals surface area contributed by atoms with Crippen LogP contribution in [0.25, 0.3) is 0 Å². The Kier molecular flexibility index (Phi) is 3.75. The summed E-state index contributed by atoms with van der Waals surface area (Å²) in [6.45, 7) is 6.49. The molecule has 0 aromatic heterocycles. The zero-order chi connectivity index (χ0) is 11.7. The topological polar surface area (TPSA) is 37.3 Å². The second-order valence-corrected chi connectivity index (χ2v) is 6.70. The van der Waals surface area contributed by atoms with E-state index in [2.05, 4.69) is 20.8 Å². The Hall–Kier alpha value is -0.180. The van der Waals surface area contributed by atoms with Crippen LogP contribution in [0.5, 0.6) is 0 Å². The fraction of sp³-hybridized carbons (Fsp3) is 0.917. The van der Waals surface area contributed by atoms with Crippen LogP contribution in [-0.4, -0.2) is 22.1 Å². The lowest BCUT2D eigenvalue weighted by atomic mass is 9.66. The molecule has 2 atom stereocenters. The van der Waals surface area contributed by atoms with Crippen LogP contribution in [-0.2, 0) is 4.79 Å². The predicted molar refractivity (Wildman–Crippen MR) is 65.3 cm³/mol. The molecule has 2 unspecified atom stereocenters. The molecule has 1 fully saturated rings. The molecule has 0 bridgehead atoms. The molecule has 0 aromatic carbocycles. The quantitative estimate of drug-likeness (QED) is 0.790. The van der Waals surface area contributed by atoms with Crippen molar-refractivity contribution in [1.29, 1.82) is 0 Å². The van der Waals surface area contributed by atoms with Crippen molar-refractivity contribution >= 4 is 17.7 Å². The van der Waals surface area contributed by atoms with E-state index in [0.29, 0.717) is 0 Å². The van der Waals surface area contributed by atoms with Gasteiger partial charge in [0.05, 0.1) is 0 Å². The van der Waals surface area contributed by atoms with E-state index in [9.17, 15) is 9.90 Å². The fourth-order valence-corrected chi connectivity index (χ4v) is 4.14. The van der Waals surface area contributed by atoms with E-state index in [4.69, 9.17) is 0 Å². The summed E-state index contributed by atoms with van der Waals surface area (Å²) in [5.74, 6) is -0.333. The van der Waals surface area contributed by atoms with Crippen molar-refractivity contribution in [3.05, 3.63) is 0 Å². The molecule has 1 saturated carbocycles. The number of carbonyl (C=O) groups is 1. The minimum Gasteiger partial charge on any atom is -0.480 e. The van der Waals surface area contributed by atoms with Gasteiger partial charge in [-0.1, -0.05) is 33.6 Å². The molecule has 1 aliphatic carbocycles. The van der Waals surface area contributed by atoms with Gasteiger partial charge in [-0.15, -0.1) is 11.8 Å². The highest BCUT2D eigenvalue weighted by Gasteiger charge is 2.51. The standard InChI is InChI=1S/C12H22O2S/c1-11(2,3)9-7-5-6-8-12(9,15-4)10(13)14/h9H,5-8H2,1-4H3,(H,13,14). The zero-order valence-electron chi connectivity index (χ0n) is 10.2. The molecular weight excluding hydrogens is 208 g/mol. The van der Waals surface area contributed by atoms with E-state index in [1.165, 1.54) is 18.2 Å². The minimum absolute atomic E-state index is 0.0851. The van der Waals surface area contributed by atoms with Gasteiger partial charge in [0.2, 0.25) is 0 Å². The average Bonchev–Trinajstić information content (AvgIpc) is 2.16. The average molecular weight is 230 g/mol. The maximum Gasteiger partial charge on any atom is 0.320 e. The van der Waals surface area contributed by atoms with Crippen molar-refractivity contribution in [3.8, 4) is 0 Å². The zero-order valence-corrected chi connectivity index (χ0v) is 11.0. The highest BCUT2D eigenvalue weighted by atomic mass is 32.2. The van der Waals surface area contributed by atoms with Crippen LogP contribution in [0.15, 0.2) is 0 Å². The molecule has 0 aromatic rings. The van der Waals surface area contributed by atoms with Crippen molar-refractivity contribution in [1.82, 2.24) is 0 Å². The first-order valence-corrected chi connectivity index (χ1v) is 6.85. The molecule has 88 valence electrons. The van der Waals surface area contributed by atoms with Gasteiger partial charge in [-0.2, -0.15) is 0 Å². The Bertz CT molecular complexity index is 244. The number of thioether (sulfide) groups is 1. The highest BCUT2D eigenvalue weighted by molar-refractivity contribution is 8.00. The van der Waals surface area contributed by atoms with Gasteiger partial charge in [0.25, 0.3) is 0 Å². The van der Waals surface area contributed by atoms with Crippen molar-refractivity contribution in [2.24, 2.45) is 11.3 Å². The lowest BCUT2D eigenvalue weighted by molar-refractivity contribution is -0.144. The van der Waals surface area contributed by atoms with Crippen LogP contribution in [0.4, 0.5) is 0 Å². The SMILES string of the molecule is CSC1(C(=O)O)CCCCC1C(C)(C)C. The molecule has 15 heavy (non-hydrogen) atoms. The molecule has 0 radical (unpaired) electrons. The van der Waals surface area contributed by atoms with Gasteiger partial charge in [0.15, 0.2) is 0 Å². The van der Waals surface area contributed by atoms with Crippen molar-refractivity contribution < 1.29 is 9.90 Å². The number of hydrogen-bond acceptors (Lipinski definition) is 2. The molecule has 0 amide bonds. The normalized spacial score (nSPS) is 32.7. The van der Waals surface area contributed by atoms with Gasteiger partial charge in [-0.3, -0.25) is 4.79 Å². The minimum atomic E-state index is -0.616. The third-order valence-corrected chi connectivity index (χ3v) is 5.02. The Morgan fingerprint density at radius 2 is 2.00 bits per heavy atom. The van der Waals surface area contributed by atoms with E-state index in [0.717, 1.165) is 19.3 Å². The molecular formula is C12H22O2S. The number of carboxylic acids is 1. The number of hydrogen-bond donors (Lipinski definition) is 1. The molecule has 0 heterocycles. The Morgan fingerprint density at radius 3 is 2.33 bits per heavy atom. The Balaban J connectivity index is 3.04. The third-order valence-electron chi connectivity index (χ3n) is 3.63. The van der Waals surface area contributed by atoms with Gasteiger partial charge < -0.3 is 5.11 Å². The monoisotopic (exact) mass is 230 g/mol. The second kappa shape index (κ2) is 4.36. The van der Waals surface area contributed by atoms with Crippen LogP contribution < -0.4 is 0 Å². The number of aliphatic carboxylic acids is 1. The predicted octanol–water partition coefficient (Wildman–Crippen LogP) is 3.41. The molecule has 0 aliphatic heterocycles. The largest absolute Gasteiger partial charge is 0.480 e. The van der Waals surface area contributed by atoms with Crippen LogP contribution in [0.2, 0.25) is 0 Å². The third kappa shape index (κ3) is 2.32. The fourth-order valence-electron chi connectivity index (χ4n) is 2.86. The van der Waals surface area contributed by atoms with Crippen LogP contribution in [0.3, 0.4) is 0 Å². The Morgan fingerprint density at radius 1 is 1.40 bits per heavy atom. The summed E-state index contributed by atoms with van der Waals surface area (Å²) < 4.78 is -0.545. The summed E-state index contributed by atoms with van der Waals surface area (Å²) in [4.78, 5) is 11.5. The van der Waals surface area contributed by atoms with E-state index >= 15 is 0 Å². The molecule has 0 spiro atoms. The van der Waals surface area contributed by atoms with Crippen LogP contribution in [0.1, 0.15) is 46.5 Å². The maximum absolute atomic E-state index is 11.5. The number of carboxylic acid groups (broad SMARTS) is 1. The Labute approximate surface area is 96.8 Å². The smallest absolute Gasteiger partial charge is 0.320 e. The van der Waals surface area contributed by atoms with E-state index in [1.807, 2.05) is 6.26 Å². The van der Waals surface area contributed by atoms with Crippen molar-refractivity contribution in [2.45, 2.75) is 51.2 Å². The van der Waals surface area contributed by atoms with Gasteiger partial charge in [-0.25, -0.2) is 0 Å². The van der Waals surface area contributed by atoms with Gasteiger partial charge in [0.1, 0.15) is 4.75 Å². The van der Waals surface area contributed by atoms with E-state index < -0.39 is 10.7 Å². The van der Waals surface area contributed by atoms with Crippen molar-refractivity contribution in [3.63, 3.8) is 0 Å². The highest BCUT2D eigenvalue weighted by Crippen LogP contribution is 2.50. The molecule has 1 N–H and O–H groups in total. The lowest BCUT2D eigenvalue weighted by Gasteiger charge is -2.46. The first kappa shape index (κ1) is 12.9. The molecule has 1 rings (SSSR count). The van der Waals surface area contributed by atoms with E-state index in [1.54, 1.807) is 0 Å². The molecule has 3 heteroatoms. The molecule has 1 aliphatic rings. The summed E-state index contributed by atoms with van der Waals surface area (Å²) in [6, 6.07) is 0. The molecule has 0 saturated heterocycles. The number of rotatable bonds is 2. The summed E-state index contributed by atoms with van der Waals surface area (Å²) in [5.41, 5.74) is 0.0851. The second-order valence-electron chi connectivity index (χ2n) is 5.56. The van der Waals surface area contributed by atoms with Gasteiger partial charge in [0, 0.05) is 0 Å². The lowest BCUT2D eigenvalue weighted by Crippen LogP contribution is -2.50. The van der Waals surface area contributed by atoms with Crippen LogP contribution >= 0.6 is 11.8 Å². The summed E-state index contributed by atoms with van der Waals surface area (Å²) in [6.07, 6.45) is 6.05. The van der Waals surface area contributed by atoms with Crippen LogP contribution in [0, 0.1) is 11.3 Å². The van der Waals surface area contributed by atoms with Gasteiger partial charge in [-0.05, 0) is 30.4 Å². The van der Waals surface area contributed by atoms with E-state index in [-0.39, 0.29) is 11.3 Å². The molecule has 2 nitrogen and oxygen atoms in total. The summed E-state index contributed by atoms with van der Waals surface area (Å²) >= 11 is 1.54. The maximum atomic E-state index is 11.5.